The van der Waals surface area contributed by atoms with E-state index in [1.165, 1.54) is 0 Å². The van der Waals surface area contributed by atoms with Crippen molar-refractivity contribution in [3.05, 3.63) is 30.3 Å². The van der Waals surface area contributed by atoms with Gasteiger partial charge in [-0.25, -0.2) is 0 Å². The van der Waals surface area contributed by atoms with Gasteiger partial charge in [0.05, 0.1) is 6.61 Å². The molecule has 0 N–H and O–H groups in total. The molecule has 2 heteroatoms. The summed E-state index contributed by atoms with van der Waals surface area (Å²) in [6.45, 7) is 0.695. The predicted molar refractivity (Wildman–Crippen MR) is 44.6 cm³/mol. The summed E-state index contributed by atoms with van der Waals surface area (Å²) in [5, 5.41) is 0.857. The summed E-state index contributed by atoms with van der Waals surface area (Å²) in [4.78, 5) is 0. The third-order valence-electron chi connectivity index (χ3n) is 1.02. The lowest BCUT2D eigenvalue weighted by atomic mass is 10.3. The monoisotopic (exact) mass is 199 g/mol. The number of benzene rings is 1. The first-order valence-electron chi connectivity index (χ1n) is 3.09. The normalized spacial score (nSPS) is 9.30. The number of hydrogen-bond acceptors (Lipinski definition) is 1. The Morgan fingerprint density at radius 2 is 2.40 bits per heavy atom. The fourth-order valence-corrected chi connectivity index (χ4v) is 0.777. The van der Waals surface area contributed by atoms with Crippen molar-refractivity contribution in [1.29, 1.82) is 0 Å². The summed E-state index contributed by atoms with van der Waals surface area (Å²) in [5.41, 5.74) is 0. The van der Waals surface area contributed by atoms with E-state index in [1.807, 2.05) is 24.3 Å². The van der Waals surface area contributed by atoms with E-state index in [-0.39, 0.29) is 0 Å². The highest BCUT2D eigenvalue weighted by Crippen LogP contribution is 2.06. The van der Waals surface area contributed by atoms with E-state index in [0.29, 0.717) is 6.61 Å². The average molecular weight is 200 g/mol. The minimum absolute atomic E-state index is 0.695. The molecule has 53 valence electrons. The van der Waals surface area contributed by atoms with E-state index in [9.17, 15) is 0 Å². The van der Waals surface area contributed by atoms with Gasteiger partial charge in [0.25, 0.3) is 0 Å². The van der Waals surface area contributed by atoms with Gasteiger partial charge in [-0.05, 0) is 6.07 Å². The van der Waals surface area contributed by atoms with Crippen LogP contribution in [0.15, 0.2) is 24.3 Å². The van der Waals surface area contributed by atoms with Gasteiger partial charge in [0.15, 0.2) is 0 Å². The summed E-state index contributed by atoms with van der Waals surface area (Å²) in [6, 6.07) is 10.5. The second-order valence-corrected chi connectivity index (χ2v) is 2.56. The van der Waals surface area contributed by atoms with Gasteiger partial charge in [-0.2, -0.15) is 0 Å². The Bertz CT molecular complexity index is 174. The molecule has 0 saturated carbocycles. The molecule has 0 saturated heterocycles. The maximum Gasteiger partial charge on any atom is 0.127 e. The Labute approximate surface area is 69.1 Å². The molecule has 0 aliphatic heterocycles. The predicted octanol–water partition coefficient (Wildman–Crippen LogP) is 2.26. The fraction of sp³-hybridized carbons (Fsp3) is 0.250. The third-order valence-corrected chi connectivity index (χ3v) is 1.34. The van der Waals surface area contributed by atoms with Crippen molar-refractivity contribution in [3.63, 3.8) is 0 Å². The molecule has 0 spiro atoms. The van der Waals surface area contributed by atoms with E-state index in [2.05, 4.69) is 22.0 Å². The Morgan fingerprint density at radius 1 is 1.50 bits per heavy atom. The van der Waals surface area contributed by atoms with Crippen LogP contribution in [0.1, 0.15) is 0 Å². The van der Waals surface area contributed by atoms with Gasteiger partial charge in [-0.1, -0.05) is 34.1 Å². The molecule has 0 fully saturated rings. The SMILES string of the molecule is BrCCOc1[c]cccc1. The highest BCUT2D eigenvalue weighted by atomic mass is 79.9. The van der Waals surface area contributed by atoms with Crippen LogP contribution in [-0.2, 0) is 0 Å². The summed E-state index contributed by atoms with van der Waals surface area (Å²) in [6.07, 6.45) is 0. The first kappa shape index (κ1) is 7.61. The Hall–Kier alpha value is -0.500. The zero-order chi connectivity index (χ0) is 7.23. The van der Waals surface area contributed by atoms with Gasteiger partial charge in [0, 0.05) is 11.4 Å². The van der Waals surface area contributed by atoms with Crippen LogP contribution in [0.25, 0.3) is 0 Å². The second-order valence-electron chi connectivity index (χ2n) is 1.76. The molecule has 1 aromatic rings. The topological polar surface area (TPSA) is 9.23 Å². The maximum absolute atomic E-state index is 5.25. The summed E-state index contributed by atoms with van der Waals surface area (Å²) in [5.74, 6) is 0.807. The maximum atomic E-state index is 5.25. The van der Waals surface area contributed by atoms with Gasteiger partial charge in [-0.15, -0.1) is 0 Å². The Kier molecular flexibility index (Phi) is 3.30. The lowest BCUT2D eigenvalue weighted by Gasteiger charge is -2.00. The van der Waals surface area contributed by atoms with E-state index < -0.39 is 0 Å². The second kappa shape index (κ2) is 4.34. The Balaban J connectivity index is 2.43. The highest BCUT2D eigenvalue weighted by Gasteiger charge is 1.87. The van der Waals surface area contributed by atoms with Crippen LogP contribution >= 0.6 is 15.9 Å². The molecule has 0 aliphatic carbocycles. The van der Waals surface area contributed by atoms with Gasteiger partial charge < -0.3 is 4.74 Å². The molecule has 0 unspecified atom stereocenters. The standard InChI is InChI=1S/C8H8BrO/c9-6-7-10-8-4-2-1-3-5-8/h1-4H,6-7H2. The van der Waals surface area contributed by atoms with Crippen LogP contribution in [-0.4, -0.2) is 11.9 Å². The molecule has 1 nitrogen and oxygen atoms in total. The van der Waals surface area contributed by atoms with Crippen molar-refractivity contribution in [2.24, 2.45) is 0 Å². The molecule has 0 aromatic heterocycles. The van der Waals surface area contributed by atoms with Crippen molar-refractivity contribution in [2.45, 2.75) is 0 Å². The summed E-state index contributed by atoms with van der Waals surface area (Å²) < 4.78 is 5.25. The highest BCUT2D eigenvalue weighted by molar-refractivity contribution is 9.09. The van der Waals surface area contributed by atoms with Crippen molar-refractivity contribution in [2.75, 3.05) is 11.9 Å². The van der Waals surface area contributed by atoms with Gasteiger partial charge in [-0.3, -0.25) is 0 Å². The minimum atomic E-state index is 0.695. The first-order chi connectivity index (χ1) is 4.93. The quantitative estimate of drug-likeness (QED) is 0.680. The third kappa shape index (κ3) is 2.40. The number of ether oxygens (including phenoxy) is 1. The van der Waals surface area contributed by atoms with Crippen LogP contribution in [0.3, 0.4) is 0 Å². The molecule has 0 atom stereocenters. The summed E-state index contributed by atoms with van der Waals surface area (Å²) >= 11 is 3.27. The van der Waals surface area contributed by atoms with Crippen LogP contribution in [0.5, 0.6) is 5.75 Å². The molecule has 0 heterocycles. The van der Waals surface area contributed by atoms with Crippen LogP contribution in [0.4, 0.5) is 0 Å². The molecule has 0 amide bonds. The Morgan fingerprint density at radius 3 is 3.00 bits per heavy atom. The van der Waals surface area contributed by atoms with Gasteiger partial charge >= 0.3 is 0 Å². The number of halogens is 1. The zero-order valence-corrected chi connectivity index (χ0v) is 7.10. The van der Waals surface area contributed by atoms with Crippen molar-refractivity contribution in [1.82, 2.24) is 0 Å². The van der Waals surface area contributed by atoms with Crippen LogP contribution in [0, 0.1) is 6.07 Å². The van der Waals surface area contributed by atoms with Crippen molar-refractivity contribution in [3.8, 4) is 5.75 Å². The largest absolute Gasteiger partial charge is 0.492 e. The molecule has 1 rings (SSSR count). The minimum Gasteiger partial charge on any atom is -0.492 e. The fourth-order valence-electron chi connectivity index (χ4n) is 0.615. The van der Waals surface area contributed by atoms with Crippen LogP contribution in [0.2, 0.25) is 0 Å². The molecule has 10 heavy (non-hydrogen) atoms. The van der Waals surface area contributed by atoms with E-state index >= 15 is 0 Å². The van der Waals surface area contributed by atoms with E-state index in [0.717, 1.165) is 11.1 Å². The van der Waals surface area contributed by atoms with Gasteiger partial charge in [0.2, 0.25) is 0 Å². The average Bonchev–Trinajstić information content (AvgIpc) is 2.03. The lowest BCUT2D eigenvalue weighted by molar-refractivity contribution is 0.344. The molecular formula is C8H8BrO. The first-order valence-corrected chi connectivity index (χ1v) is 4.21. The smallest absolute Gasteiger partial charge is 0.127 e. The summed E-state index contributed by atoms with van der Waals surface area (Å²) in [7, 11) is 0. The molecule has 1 radical (unpaired) electrons. The van der Waals surface area contributed by atoms with Crippen molar-refractivity contribution >= 4 is 15.9 Å². The number of rotatable bonds is 3. The lowest BCUT2D eigenvalue weighted by Crippen LogP contribution is -1.96. The van der Waals surface area contributed by atoms with Crippen LogP contribution < -0.4 is 4.74 Å². The molecule has 1 aromatic carbocycles. The number of para-hydroxylation sites is 1. The zero-order valence-electron chi connectivity index (χ0n) is 5.51. The van der Waals surface area contributed by atoms with E-state index in [1.54, 1.807) is 0 Å². The van der Waals surface area contributed by atoms with E-state index in [4.69, 9.17) is 4.74 Å². The van der Waals surface area contributed by atoms with Crippen molar-refractivity contribution < 1.29 is 4.74 Å². The van der Waals surface area contributed by atoms with Gasteiger partial charge in [0.1, 0.15) is 5.75 Å². The molecule has 0 bridgehead atoms. The molecular weight excluding hydrogens is 192 g/mol. The number of hydrogen-bond donors (Lipinski definition) is 0. The number of alkyl halides is 1. The molecule has 0 aliphatic rings.